The zero-order valence-corrected chi connectivity index (χ0v) is 9.10. The molecule has 0 amide bonds. The van der Waals surface area contributed by atoms with Gasteiger partial charge in [-0.15, -0.1) is 5.73 Å². The predicted molar refractivity (Wildman–Crippen MR) is 53.4 cm³/mol. The molecule has 0 fully saturated rings. The molecule has 0 aliphatic heterocycles. The van der Waals surface area contributed by atoms with Crippen LogP contribution >= 0.6 is 0 Å². The summed E-state index contributed by atoms with van der Waals surface area (Å²) in [6.07, 6.45) is 0. The van der Waals surface area contributed by atoms with Crippen LogP contribution in [0.25, 0.3) is 0 Å². The average Bonchev–Trinajstić information content (AvgIpc) is 1.96. The van der Waals surface area contributed by atoms with Gasteiger partial charge in [-0.05, 0) is 25.3 Å². The number of rotatable bonds is 3. The summed E-state index contributed by atoms with van der Waals surface area (Å²) in [7, 11) is 0. The Morgan fingerprint density at radius 3 is 2.15 bits per heavy atom. The second-order valence-corrected chi connectivity index (χ2v) is 3.59. The quantitative estimate of drug-likeness (QED) is 0.495. The SMILES string of the molecule is CC(=O)OCC(=C=C(C)C)C(C)C. The van der Waals surface area contributed by atoms with Crippen LogP contribution in [0.15, 0.2) is 16.9 Å². The Morgan fingerprint density at radius 2 is 1.85 bits per heavy atom. The van der Waals surface area contributed by atoms with Crippen LogP contribution < -0.4 is 0 Å². The minimum atomic E-state index is -0.242. The molecule has 13 heavy (non-hydrogen) atoms. The summed E-state index contributed by atoms with van der Waals surface area (Å²) >= 11 is 0. The molecule has 2 nitrogen and oxygen atoms in total. The highest BCUT2D eigenvalue weighted by atomic mass is 16.5. The van der Waals surface area contributed by atoms with Gasteiger partial charge < -0.3 is 4.74 Å². The smallest absolute Gasteiger partial charge is 0.302 e. The molecule has 0 aliphatic carbocycles. The van der Waals surface area contributed by atoms with Gasteiger partial charge in [-0.25, -0.2) is 0 Å². The summed E-state index contributed by atoms with van der Waals surface area (Å²) < 4.78 is 4.91. The van der Waals surface area contributed by atoms with Gasteiger partial charge in [0.05, 0.1) is 0 Å². The number of carbonyl (C=O) groups is 1. The minimum absolute atomic E-state index is 0.242. The summed E-state index contributed by atoms with van der Waals surface area (Å²) in [6.45, 7) is 9.87. The van der Waals surface area contributed by atoms with Gasteiger partial charge in [0.2, 0.25) is 0 Å². The highest BCUT2D eigenvalue weighted by molar-refractivity contribution is 5.66. The van der Waals surface area contributed by atoms with Gasteiger partial charge in [0.1, 0.15) is 6.61 Å². The summed E-state index contributed by atoms with van der Waals surface area (Å²) in [4.78, 5) is 10.6. The molecule has 0 unspecified atom stereocenters. The van der Waals surface area contributed by atoms with E-state index in [1.807, 2.05) is 13.8 Å². The molecule has 0 N–H and O–H groups in total. The first-order valence-electron chi connectivity index (χ1n) is 4.49. The van der Waals surface area contributed by atoms with Crippen LogP contribution in [0.5, 0.6) is 0 Å². The van der Waals surface area contributed by atoms with Crippen LogP contribution in [0.1, 0.15) is 34.6 Å². The second kappa shape index (κ2) is 5.60. The molecule has 0 heterocycles. The van der Waals surface area contributed by atoms with Crippen molar-refractivity contribution in [3.8, 4) is 0 Å². The van der Waals surface area contributed by atoms with Crippen molar-refractivity contribution in [3.05, 3.63) is 16.9 Å². The van der Waals surface area contributed by atoms with E-state index in [0.29, 0.717) is 12.5 Å². The van der Waals surface area contributed by atoms with E-state index in [9.17, 15) is 4.79 Å². The summed E-state index contributed by atoms with van der Waals surface area (Å²) in [5, 5.41) is 0. The maximum atomic E-state index is 10.6. The Hall–Kier alpha value is -1.01. The van der Waals surface area contributed by atoms with Crippen LogP contribution in [0, 0.1) is 5.92 Å². The van der Waals surface area contributed by atoms with E-state index in [-0.39, 0.29) is 5.97 Å². The van der Waals surface area contributed by atoms with E-state index in [1.165, 1.54) is 6.92 Å². The van der Waals surface area contributed by atoms with Crippen LogP contribution in [0.3, 0.4) is 0 Å². The van der Waals surface area contributed by atoms with E-state index in [1.54, 1.807) is 0 Å². The molecular weight excluding hydrogens is 164 g/mol. The molecule has 0 bridgehead atoms. The van der Waals surface area contributed by atoms with Crippen molar-refractivity contribution in [2.75, 3.05) is 6.61 Å². The first-order chi connectivity index (χ1) is 5.93. The lowest BCUT2D eigenvalue weighted by atomic mass is 10.0. The second-order valence-electron chi connectivity index (χ2n) is 3.59. The van der Waals surface area contributed by atoms with Crippen molar-refractivity contribution in [3.63, 3.8) is 0 Å². The third kappa shape index (κ3) is 6.18. The van der Waals surface area contributed by atoms with E-state index in [4.69, 9.17) is 4.74 Å². The molecule has 0 spiro atoms. The number of esters is 1. The lowest BCUT2D eigenvalue weighted by Crippen LogP contribution is -2.06. The van der Waals surface area contributed by atoms with Gasteiger partial charge in [-0.1, -0.05) is 13.8 Å². The van der Waals surface area contributed by atoms with Crippen molar-refractivity contribution >= 4 is 5.97 Å². The van der Waals surface area contributed by atoms with E-state index in [0.717, 1.165) is 11.1 Å². The van der Waals surface area contributed by atoms with Gasteiger partial charge in [-0.3, -0.25) is 4.79 Å². The number of carbonyl (C=O) groups excluding carboxylic acids is 1. The number of ether oxygens (including phenoxy) is 1. The summed E-state index contributed by atoms with van der Waals surface area (Å²) in [6, 6.07) is 0. The minimum Gasteiger partial charge on any atom is -0.461 e. The molecule has 0 aliphatic rings. The van der Waals surface area contributed by atoms with Crippen molar-refractivity contribution < 1.29 is 9.53 Å². The third-order valence-corrected chi connectivity index (χ3v) is 1.54. The topological polar surface area (TPSA) is 26.3 Å². The standard InChI is InChI=1S/C11H18O2/c1-8(2)6-11(9(3)4)7-13-10(5)12/h9H,7H2,1-5H3. The Bertz CT molecular complexity index is 239. The molecule has 74 valence electrons. The highest BCUT2D eigenvalue weighted by Crippen LogP contribution is 2.09. The summed E-state index contributed by atoms with van der Waals surface area (Å²) in [5.41, 5.74) is 5.34. The average molecular weight is 182 g/mol. The highest BCUT2D eigenvalue weighted by Gasteiger charge is 2.04. The predicted octanol–water partition coefficient (Wildman–Crippen LogP) is 2.70. The van der Waals surface area contributed by atoms with Crippen LogP contribution in [-0.2, 0) is 9.53 Å². The Morgan fingerprint density at radius 1 is 1.31 bits per heavy atom. The van der Waals surface area contributed by atoms with Gasteiger partial charge >= 0.3 is 5.97 Å². The normalized spacial score (nSPS) is 9.38. The third-order valence-electron chi connectivity index (χ3n) is 1.54. The first kappa shape index (κ1) is 12.0. The van der Waals surface area contributed by atoms with Gasteiger partial charge in [0, 0.05) is 12.5 Å². The lowest BCUT2D eigenvalue weighted by molar-refractivity contribution is -0.140. The number of hydrogen-bond donors (Lipinski definition) is 0. The molecule has 0 saturated heterocycles. The molecule has 0 aromatic heterocycles. The van der Waals surface area contributed by atoms with Crippen LogP contribution in [0.4, 0.5) is 0 Å². The van der Waals surface area contributed by atoms with E-state index < -0.39 is 0 Å². The van der Waals surface area contributed by atoms with Crippen LogP contribution in [-0.4, -0.2) is 12.6 Å². The van der Waals surface area contributed by atoms with Gasteiger partial charge in [0.15, 0.2) is 0 Å². The van der Waals surface area contributed by atoms with E-state index in [2.05, 4.69) is 19.6 Å². The van der Waals surface area contributed by atoms with Crippen molar-refractivity contribution in [1.29, 1.82) is 0 Å². The Labute approximate surface area is 80.3 Å². The maximum absolute atomic E-state index is 10.6. The van der Waals surface area contributed by atoms with E-state index >= 15 is 0 Å². The zero-order chi connectivity index (χ0) is 10.4. The fourth-order valence-corrected chi connectivity index (χ4v) is 0.848. The van der Waals surface area contributed by atoms with Crippen molar-refractivity contribution in [1.82, 2.24) is 0 Å². The molecule has 2 heteroatoms. The molecular formula is C11H18O2. The monoisotopic (exact) mass is 182 g/mol. The molecule has 0 radical (unpaired) electrons. The van der Waals surface area contributed by atoms with Crippen molar-refractivity contribution in [2.24, 2.45) is 5.92 Å². The largest absolute Gasteiger partial charge is 0.461 e. The molecule has 0 saturated carbocycles. The van der Waals surface area contributed by atoms with Crippen molar-refractivity contribution in [2.45, 2.75) is 34.6 Å². The van der Waals surface area contributed by atoms with Crippen LogP contribution in [0.2, 0.25) is 0 Å². The number of hydrogen-bond acceptors (Lipinski definition) is 2. The maximum Gasteiger partial charge on any atom is 0.302 e. The Balaban J connectivity index is 4.47. The zero-order valence-electron chi connectivity index (χ0n) is 9.10. The molecule has 0 aromatic rings. The van der Waals surface area contributed by atoms with Gasteiger partial charge in [-0.2, -0.15) is 0 Å². The summed E-state index contributed by atoms with van der Waals surface area (Å²) in [5.74, 6) is 0.128. The molecule has 0 aromatic carbocycles. The van der Waals surface area contributed by atoms with Gasteiger partial charge in [0.25, 0.3) is 0 Å². The molecule has 0 atom stereocenters. The first-order valence-corrected chi connectivity index (χ1v) is 4.49. The molecule has 0 rings (SSSR count). The lowest BCUT2D eigenvalue weighted by Gasteiger charge is -2.08. The Kier molecular flexibility index (Phi) is 5.17. The fourth-order valence-electron chi connectivity index (χ4n) is 0.848. The fraction of sp³-hybridized carbons (Fsp3) is 0.636.